The summed E-state index contributed by atoms with van der Waals surface area (Å²) in [6.07, 6.45) is 11.1. The van der Waals surface area contributed by atoms with Crippen molar-refractivity contribution in [1.29, 1.82) is 0 Å². The molecular formula is C16H31NO. The lowest BCUT2D eigenvalue weighted by atomic mass is 9.78. The Morgan fingerprint density at radius 2 is 1.50 bits per heavy atom. The van der Waals surface area contributed by atoms with E-state index in [2.05, 4.69) is 19.2 Å². The molecule has 2 heteroatoms. The van der Waals surface area contributed by atoms with Crippen LogP contribution in [0, 0.1) is 11.8 Å². The van der Waals surface area contributed by atoms with Gasteiger partial charge in [-0.3, -0.25) is 0 Å². The predicted molar refractivity (Wildman–Crippen MR) is 76.6 cm³/mol. The molecular weight excluding hydrogens is 222 g/mol. The van der Waals surface area contributed by atoms with Crippen LogP contribution in [-0.4, -0.2) is 23.3 Å². The van der Waals surface area contributed by atoms with E-state index in [-0.39, 0.29) is 0 Å². The van der Waals surface area contributed by atoms with Crippen molar-refractivity contribution in [3.05, 3.63) is 0 Å². The van der Waals surface area contributed by atoms with E-state index in [4.69, 9.17) is 0 Å². The zero-order valence-electron chi connectivity index (χ0n) is 12.3. The Kier molecular flexibility index (Phi) is 5.08. The van der Waals surface area contributed by atoms with Crippen LogP contribution in [0.1, 0.15) is 71.6 Å². The van der Waals surface area contributed by atoms with E-state index in [0.717, 1.165) is 31.2 Å². The minimum atomic E-state index is -0.423. The second kappa shape index (κ2) is 6.38. The summed E-state index contributed by atoms with van der Waals surface area (Å²) in [6.45, 7) is 5.54. The van der Waals surface area contributed by atoms with Gasteiger partial charge >= 0.3 is 0 Å². The quantitative estimate of drug-likeness (QED) is 0.755. The van der Waals surface area contributed by atoms with Crippen LogP contribution < -0.4 is 5.32 Å². The zero-order chi connectivity index (χ0) is 13.0. The van der Waals surface area contributed by atoms with Crippen LogP contribution in [0.15, 0.2) is 0 Å². The number of aliphatic hydroxyl groups is 1. The van der Waals surface area contributed by atoms with Gasteiger partial charge in [0, 0.05) is 12.6 Å². The molecule has 18 heavy (non-hydrogen) atoms. The summed E-state index contributed by atoms with van der Waals surface area (Å²) in [7, 11) is 0. The Hall–Kier alpha value is -0.0800. The standard InChI is InChI=1S/C16H31NO/c1-13-8-7-9-14(2)15(13)17-12-16(18)10-5-3-4-6-11-16/h13-15,17-18H,3-12H2,1-2H3. The average molecular weight is 253 g/mol. The fourth-order valence-electron chi connectivity index (χ4n) is 3.96. The molecule has 0 heterocycles. The summed E-state index contributed by atoms with van der Waals surface area (Å²) in [5.41, 5.74) is -0.423. The molecule has 0 aliphatic heterocycles. The highest BCUT2D eigenvalue weighted by Crippen LogP contribution is 2.31. The average Bonchev–Trinajstić information content (AvgIpc) is 2.54. The van der Waals surface area contributed by atoms with Gasteiger partial charge in [0.1, 0.15) is 0 Å². The molecule has 2 aliphatic carbocycles. The Balaban J connectivity index is 1.85. The van der Waals surface area contributed by atoms with Crippen molar-refractivity contribution in [3.63, 3.8) is 0 Å². The van der Waals surface area contributed by atoms with Gasteiger partial charge in [-0.2, -0.15) is 0 Å². The first-order chi connectivity index (χ1) is 8.61. The molecule has 0 aromatic carbocycles. The fourth-order valence-corrected chi connectivity index (χ4v) is 3.96. The Bertz CT molecular complexity index is 235. The molecule has 106 valence electrons. The predicted octanol–water partition coefficient (Wildman–Crippen LogP) is 3.49. The highest BCUT2D eigenvalue weighted by atomic mass is 16.3. The van der Waals surface area contributed by atoms with Crippen LogP contribution in [0.5, 0.6) is 0 Å². The Morgan fingerprint density at radius 1 is 0.944 bits per heavy atom. The molecule has 2 unspecified atom stereocenters. The summed E-state index contributed by atoms with van der Waals surface area (Å²) in [6, 6.07) is 0.617. The molecule has 2 atom stereocenters. The fraction of sp³-hybridized carbons (Fsp3) is 1.00. The Morgan fingerprint density at radius 3 is 2.06 bits per heavy atom. The van der Waals surface area contributed by atoms with E-state index in [1.807, 2.05) is 0 Å². The van der Waals surface area contributed by atoms with E-state index in [1.54, 1.807) is 0 Å². The first kappa shape index (κ1) is 14.3. The van der Waals surface area contributed by atoms with Crippen molar-refractivity contribution in [1.82, 2.24) is 5.32 Å². The van der Waals surface area contributed by atoms with Gasteiger partial charge in [-0.25, -0.2) is 0 Å². The van der Waals surface area contributed by atoms with Crippen molar-refractivity contribution < 1.29 is 5.11 Å². The molecule has 0 spiro atoms. The lowest BCUT2D eigenvalue weighted by Crippen LogP contribution is -2.50. The van der Waals surface area contributed by atoms with Gasteiger partial charge in [0.05, 0.1) is 5.60 Å². The maximum Gasteiger partial charge on any atom is 0.0771 e. The highest BCUT2D eigenvalue weighted by molar-refractivity contribution is 4.89. The smallest absolute Gasteiger partial charge is 0.0771 e. The first-order valence-electron chi connectivity index (χ1n) is 8.06. The van der Waals surface area contributed by atoms with E-state index in [9.17, 15) is 5.11 Å². The van der Waals surface area contributed by atoms with Crippen LogP contribution in [0.3, 0.4) is 0 Å². The first-order valence-corrected chi connectivity index (χ1v) is 8.06. The number of rotatable bonds is 3. The molecule has 0 radical (unpaired) electrons. The van der Waals surface area contributed by atoms with Gasteiger partial charge in [0.25, 0.3) is 0 Å². The number of nitrogens with one attached hydrogen (secondary N) is 1. The molecule has 0 amide bonds. The second-order valence-electron chi connectivity index (χ2n) is 6.93. The van der Waals surface area contributed by atoms with E-state index >= 15 is 0 Å². The topological polar surface area (TPSA) is 32.3 Å². The second-order valence-corrected chi connectivity index (χ2v) is 6.93. The third-order valence-corrected chi connectivity index (χ3v) is 5.25. The minimum absolute atomic E-state index is 0.423. The van der Waals surface area contributed by atoms with Crippen molar-refractivity contribution in [2.75, 3.05) is 6.54 Å². The molecule has 0 saturated heterocycles. The summed E-state index contributed by atoms with van der Waals surface area (Å²) in [5.74, 6) is 1.53. The van der Waals surface area contributed by atoms with E-state index in [0.29, 0.717) is 6.04 Å². The van der Waals surface area contributed by atoms with Gasteiger partial charge in [0.15, 0.2) is 0 Å². The van der Waals surface area contributed by atoms with Gasteiger partial charge in [-0.1, -0.05) is 46.0 Å². The zero-order valence-corrected chi connectivity index (χ0v) is 12.3. The van der Waals surface area contributed by atoms with E-state index in [1.165, 1.54) is 44.9 Å². The number of hydrogen-bond donors (Lipinski definition) is 2. The van der Waals surface area contributed by atoms with Gasteiger partial charge < -0.3 is 10.4 Å². The molecule has 2 aliphatic rings. The van der Waals surface area contributed by atoms with Crippen molar-refractivity contribution >= 4 is 0 Å². The minimum Gasteiger partial charge on any atom is -0.389 e. The Labute approximate surface area is 113 Å². The summed E-state index contributed by atoms with van der Waals surface area (Å²) in [4.78, 5) is 0. The van der Waals surface area contributed by atoms with Crippen molar-refractivity contribution in [2.45, 2.75) is 83.3 Å². The van der Waals surface area contributed by atoms with Crippen LogP contribution in [0.2, 0.25) is 0 Å². The molecule has 0 aromatic heterocycles. The molecule has 2 rings (SSSR count). The summed E-state index contributed by atoms with van der Waals surface area (Å²) < 4.78 is 0. The lowest BCUT2D eigenvalue weighted by Gasteiger charge is -2.38. The maximum atomic E-state index is 10.7. The molecule has 2 saturated carbocycles. The monoisotopic (exact) mass is 253 g/mol. The molecule has 0 aromatic rings. The third-order valence-electron chi connectivity index (χ3n) is 5.25. The van der Waals surface area contributed by atoms with Gasteiger partial charge in [-0.05, 0) is 37.5 Å². The van der Waals surface area contributed by atoms with Crippen LogP contribution >= 0.6 is 0 Å². The molecule has 2 nitrogen and oxygen atoms in total. The van der Waals surface area contributed by atoms with Crippen LogP contribution in [0.4, 0.5) is 0 Å². The molecule has 0 bridgehead atoms. The van der Waals surface area contributed by atoms with Gasteiger partial charge in [0.2, 0.25) is 0 Å². The van der Waals surface area contributed by atoms with Crippen molar-refractivity contribution in [2.24, 2.45) is 11.8 Å². The summed E-state index contributed by atoms with van der Waals surface area (Å²) >= 11 is 0. The lowest BCUT2D eigenvalue weighted by molar-refractivity contribution is 0.0166. The number of hydrogen-bond acceptors (Lipinski definition) is 2. The van der Waals surface area contributed by atoms with Gasteiger partial charge in [-0.15, -0.1) is 0 Å². The molecule has 2 N–H and O–H groups in total. The maximum absolute atomic E-state index is 10.7. The van der Waals surface area contributed by atoms with Crippen molar-refractivity contribution in [3.8, 4) is 0 Å². The van der Waals surface area contributed by atoms with E-state index < -0.39 is 5.60 Å². The van der Waals surface area contributed by atoms with Crippen LogP contribution in [0.25, 0.3) is 0 Å². The van der Waals surface area contributed by atoms with Crippen LogP contribution in [-0.2, 0) is 0 Å². The SMILES string of the molecule is CC1CCCC(C)C1NCC1(O)CCCCCC1. The molecule has 2 fully saturated rings. The summed E-state index contributed by atoms with van der Waals surface area (Å²) in [5, 5.41) is 14.4. The normalized spacial score (nSPS) is 37.2. The largest absolute Gasteiger partial charge is 0.389 e. The third kappa shape index (κ3) is 3.71. The highest BCUT2D eigenvalue weighted by Gasteiger charge is 2.32.